The van der Waals surface area contributed by atoms with Crippen LogP contribution >= 0.6 is 0 Å². The molecule has 0 saturated heterocycles. The fourth-order valence-electron chi connectivity index (χ4n) is 4.82. The van der Waals surface area contributed by atoms with Gasteiger partial charge in [0.05, 0.1) is 18.1 Å². The third-order valence-corrected chi connectivity index (χ3v) is 6.55. The third kappa shape index (κ3) is 3.14. The molecule has 2 heterocycles. The highest BCUT2D eigenvalue weighted by Gasteiger charge is 2.27. The summed E-state index contributed by atoms with van der Waals surface area (Å²) in [4.78, 5) is 32.0. The topological polar surface area (TPSA) is 61.8 Å². The Kier molecular flexibility index (Phi) is 4.85. The van der Waals surface area contributed by atoms with Crippen molar-refractivity contribution in [1.82, 2.24) is 18.7 Å². The lowest BCUT2D eigenvalue weighted by Gasteiger charge is -2.19. The quantitative estimate of drug-likeness (QED) is 0.498. The second-order valence-corrected chi connectivity index (χ2v) is 8.43. The minimum Gasteiger partial charge on any atom is -0.317 e. The van der Waals surface area contributed by atoms with Crippen LogP contribution in [0.15, 0.2) is 70.5 Å². The number of aromatic nitrogens is 4. The molecule has 1 fully saturated rings. The molecule has 0 amide bonds. The summed E-state index contributed by atoms with van der Waals surface area (Å²) in [5.41, 5.74) is 3.18. The van der Waals surface area contributed by atoms with E-state index in [9.17, 15) is 9.59 Å². The first-order valence-electron chi connectivity index (χ1n) is 10.9. The first kappa shape index (κ1) is 19.5. The van der Waals surface area contributed by atoms with Crippen LogP contribution < -0.4 is 11.2 Å². The van der Waals surface area contributed by atoms with Gasteiger partial charge < -0.3 is 4.57 Å². The van der Waals surface area contributed by atoms with Crippen LogP contribution in [0.25, 0.3) is 16.9 Å². The smallest absolute Gasteiger partial charge is 0.317 e. The van der Waals surface area contributed by atoms with Gasteiger partial charge in [-0.05, 0) is 43.9 Å². The number of imidazole rings is 1. The molecule has 1 atom stereocenters. The molecule has 0 N–H and O–H groups in total. The molecular weight excluding hydrogens is 388 g/mol. The number of para-hydroxylation sites is 1. The van der Waals surface area contributed by atoms with E-state index in [4.69, 9.17) is 0 Å². The van der Waals surface area contributed by atoms with Crippen LogP contribution in [0.5, 0.6) is 0 Å². The third-order valence-electron chi connectivity index (χ3n) is 6.55. The summed E-state index contributed by atoms with van der Waals surface area (Å²) < 4.78 is 5.02. The van der Waals surface area contributed by atoms with E-state index in [2.05, 4.69) is 11.9 Å². The van der Waals surface area contributed by atoms with Crippen molar-refractivity contribution in [1.29, 1.82) is 0 Å². The Hall–Kier alpha value is -3.41. The van der Waals surface area contributed by atoms with Gasteiger partial charge in [-0.25, -0.2) is 14.3 Å². The zero-order valence-electron chi connectivity index (χ0n) is 17.9. The minimum atomic E-state index is -0.295. The van der Waals surface area contributed by atoms with E-state index < -0.39 is 0 Å². The Morgan fingerprint density at radius 1 is 0.968 bits per heavy atom. The lowest BCUT2D eigenvalue weighted by molar-refractivity contribution is 0.473. The second kappa shape index (κ2) is 7.69. The average molecular weight is 415 g/mol. The number of benzene rings is 2. The van der Waals surface area contributed by atoms with Gasteiger partial charge in [0.2, 0.25) is 0 Å². The number of fused-ring (bicyclic) bond motifs is 1. The highest BCUT2D eigenvalue weighted by atomic mass is 16.2. The lowest BCUT2D eigenvalue weighted by atomic mass is 10.1. The predicted molar refractivity (Wildman–Crippen MR) is 122 cm³/mol. The van der Waals surface area contributed by atoms with Crippen molar-refractivity contribution < 1.29 is 0 Å². The van der Waals surface area contributed by atoms with E-state index in [0.29, 0.717) is 11.2 Å². The van der Waals surface area contributed by atoms with Crippen LogP contribution in [-0.4, -0.2) is 18.7 Å². The molecule has 6 heteroatoms. The minimum absolute atomic E-state index is 0.0601. The van der Waals surface area contributed by atoms with Gasteiger partial charge in [-0.2, -0.15) is 0 Å². The van der Waals surface area contributed by atoms with Crippen molar-refractivity contribution in [3.63, 3.8) is 0 Å². The van der Waals surface area contributed by atoms with Gasteiger partial charge in [0, 0.05) is 6.04 Å². The summed E-state index contributed by atoms with van der Waals surface area (Å²) in [7, 11) is 0. The Morgan fingerprint density at radius 2 is 1.65 bits per heavy atom. The number of aryl methyl sites for hydroxylation is 1. The molecule has 1 saturated carbocycles. The summed E-state index contributed by atoms with van der Waals surface area (Å²) >= 11 is 0. The fraction of sp³-hybridized carbons (Fsp3) is 0.320. The molecule has 1 unspecified atom stereocenters. The fourth-order valence-corrected chi connectivity index (χ4v) is 4.82. The molecule has 31 heavy (non-hydrogen) atoms. The first-order chi connectivity index (χ1) is 15.1. The standard InChI is InChI=1S/C25H26N4O2/c1-17-10-6-9-15-21(17)29-23-22(24(30)28(25(29)31)20-13-7-8-14-20)27(16-26-23)18(2)19-11-4-3-5-12-19/h3-6,9-12,15-16,18,20H,7-8,13-14H2,1-2H3. The Morgan fingerprint density at radius 3 is 2.35 bits per heavy atom. The maximum Gasteiger partial charge on any atom is 0.337 e. The van der Waals surface area contributed by atoms with Gasteiger partial charge in [0.25, 0.3) is 5.56 Å². The maximum absolute atomic E-state index is 13.7. The molecule has 4 aromatic rings. The molecule has 0 aliphatic heterocycles. The summed E-state index contributed by atoms with van der Waals surface area (Å²) in [5, 5.41) is 0. The summed E-state index contributed by atoms with van der Waals surface area (Å²) in [5.74, 6) is 0. The van der Waals surface area contributed by atoms with Crippen LogP contribution in [0.2, 0.25) is 0 Å². The van der Waals surface area contributed by atoms with Gasteiger partial charge in [-0.3, -0.25) is 9.36 Å². The Labute approximate surface area is 180 Å². The van der Waals surface area contributed by atoms with Crippen LogP contribution in [0.3, 0.4) is 0 Å². The molecule has 1 aliphatic rings. The zero-order valence-corrected chi connectivity index (χ0v) is 17.9. The number of nitrogens with zero attached hydrogens (tertiary/aromatic N) is 4. The summed E-state index contributed by atoms with van der Waals surface area (Å²) in [6.45, 7) is 4.03. The van der Waals surface area contributed by atoms with Crippen molar-refractivity contribution in [2.24, 2.45) is 0 Å². The molecule has 2 aromatic carbocycles. The monoisotopic (exact) mass is 414 g/mol. The van der Waals surface area contributed by atoms with Gasteiger partial charge in [-0.15, -0.1) is 0 Å². The van der Waals surface area contributed by atoms with Gasteiger partial charge in [0.15, 0.2) is 11.2 Å². The molecule has 5 rings (SSSR count). The highest BCUT2D eigenvalue weighted by Crippen LogP contribution is 2.29. The van der Waals surface area contributed by atoms with Crippen molar-refractivity contribution in [3.05, 3.63) is 92.9 Å². The van der Waals surface area contributed by atoms with E-state index in [1.807, 2.05) is 66.1 Å². The molecule has 158 valence electrons. The first-order valence-corrected chi connectivity index (χ1v) is 10.9. The van der Waals surface area contributed by atoms with Crippen molar-refractivity contribution >= 4 is 11.2 Å². The number of rotatable bonds is 4. The number of hydrogen-bond donors (Lipinski definition) is 0. The summed E-state index contributed by atoms with van der Waals surface area (Å²) in [6, 6.07) is 17.7. The normalized spacial score (nSPS) is 15.5. The molecule has 0 radical (unpaired) electrons. The van der Waals surface area contributed by atoms with Gasteiger partial charge >= 0.3 is 5.69 Å². The largest absolute Gasteiger partial charge is 0.337 e. The van der Waals surface area contributed by atoms with Gasteiger partial charge in [0.1, 0.15) is 0 Å². The molecule has 6 nitrogen and oxygen atoms in total. The molecule has 0 bridgehead atoms. The van der Waals surface area contributed by atoms with Crippen LogP contribution in [0.4, 0.5) is 0 Å². The van der Waals surface area contributed by atoms with E-state index in [1.165, 1.54) is 4.57 Å². The highest BCUT2D eigenvalue weighted by molar-refractivity contribution is 5.73. The maximum atomic E-state index is 13.7. The Bertz CT molecular complexity index is 1360. The van der Waals surface area contributed by atoms with E-state index in [0.717, 1.165) is 42.5 Å². The van der Waals surface area contributed by atoms with Crippen molar-refractivity contribution in [2.75, 3.05) is 0 Å². The van der Waals surface area contributed by atoms with E-state index >= 15 is 0 Å². The van der Waals surface area contributed by atoms with Crippen molar-refractivity contribution in [3.8, 4) is 5.69 Å². The second-order valence-electron chi connectivity index (χ2n) is 8.43. The van der Waals surface area contributed by atoms with E-state index in [1.54, 1.807) is 10.9 Å². The number of hydrogen-bond acceptors (Lipinski definition) is 3. The average Bonchev–Trinajstić information content (AvgIpc) is 3.46. The van der Waals surface area contributed by atoms with Crippen LogP contribution in [0, 0.1) is 6.92 Å². The SMILES string of the molecule is Cc1ccccc1-n1c(=O)n(C2CCCC2)c(=O)c2c1ncn2C(C)c1ccccc1. The molecule has 2 aromatic heterocycles. The molecular formula is C25H26N4O2. The van der Waals surface area contributed by atoms with E-state index in [-0.39, 0.29) is 23.3 Å². The lowest BCUT2D eigenvalue weighted by Crippen LogP contribution is -2.42. The van der Waals surface area contributed by atoms with Crippen molar-refractivity contribution in [2.45, 2.75) is 51.6 Å². The zero-order chi connectivity index (χ0) is 21.5. The predicted octanol–water partition coefficient (Wildman–Crippen LogP) is 4.38. The summed E-state index contributed by atoms with van der Waals surface area (Å²) in [6.07, 6.45) is 5.49. The van der Waals surface area contributed by atoms with Crippen LogP contribution in [-0.2, 0) is 0 Å². The molecule has 1 aliphatic carbocycles. The molecule has 0 spiro atoms. The van der Waals surface area contributed by atoms with Gasteiger partial charge in [-0.1, -0.05) is 61.4 Å². The Balaban J connectivity index is 1.85. The van der Waals surface area contributed by atoms with Crippen LogP contribution in [0.1, 0.15) is 55.8 Å².